The first-order valence-corrected chi connectivity index (χ1v) is 4.81. The Bertz CT molecular complexity index is 589. The summed E-state index contributed by atoms with van der Waals surface area (Å²) >= 11 is 0. The van der Waals surface area contributed by atoms with Crippen LogP contribution in [0.15, 0.2) is 24.5 Å². The average Bonchev–Trinajstić information content (AvgIpc) is 2.78. The van der Waals surface area contributed by atoms with Crippen molar-refractivity contribution in [2.24, 2.45) is 0 Å². The van der Waals surface area contributed by atoms with Crippen LogP contribution >= 0.6 is 0 Å². The van der Waals surface area contributed by atoms with Gasteiger partial charge in [0.05, 0.1) is 11.0 Å². The predicted molar refractivity (Wildman–Crippen MR) is 57.3 cm³/mol. The maximum Gasteiger partial charge on any atom is 0.0713 e. The Balaban J connectivity index is 2.47. The Labute approximate surface area is 81.1 Å². The zero-order valence-corrected chi connectivity index (χ0v) is 7.96. The van der Waals surface area contributed by atoms with Crippen LogP contribution < -0.4 is 0 Å². The van der Waals surface area contributed by atoms with Crippen LogP contribution in [-0.2, 0) is 6.42 Å². The van der Waals surface area contributed by atoms with E-state index in [4.69, 9.17) is 0 Å². The van der Waals surface area contributed by atoms with E-state index < -0.39 is 0 Å². The van der Waals surface area contributed by atoms with Gasteiger partial charge in [-0.15, -0.1) is 0 Å². The maximum absolute atomic E-state index is 4.39. The molecule has 0 aliphatic rings. The number of hydrogen-bond donors (Lipinski definition) is 2. The lowest BCUT2D eigenvalue weighted by molar-refractivity contribution is 1.12. The maximum atomic E-state index is 4.39. The van der Waals surface area contributed by atoms with Gasteiger partial charge in [-0.3, -0.25) is 4.98 Å². The van der Waals surface area contributed by atoms with Crippen LogP contribution in [0.2, 0.25) is 0 Å². The van der Waals surface area contributed by atoms with Gasteiger partial charge in [-0.2, -0.15) is 0 Å². The molecule has 3 heteroatoms. The summed E-state index contributed by atoms with van der Waals surface area (Å²) in [5.74, 6) is 0. The number of nitrogens with zero attached hydrogens (tertiary/aromatic N) is 1. The molecular weight excluding hydrogens is 174 g/mol. The first-order chi connectivity index (χ1) is 6.88. The van der Waals surface area contributed by atoms with Gasteiger partial charge in [-0.25, -0.2) is 0 Å². The van der Waals surface area contributed by atoms with E-state index in [2.05, 4.69) is 34.2 Å². The Morgan fingerprint density at radius 1 is 1.36 bits per heavy atom. The highest BCUT2D eigenvalue weighted by Gasteiger charge is 2.04. The molecule has 3 nitrogen and oxygen atoms in total. The first-order valence-electron chi connectivity index (χ1n) is 4.81. The Morgan fingerprint density at radius 2 is 2.29 bits per heavy atom. The SMILES string of the molecule is CCc1cnc2cc3c[nH][nH]c3cc12. The summed E-state index contributed by atoms with van der Waals surface area (Å²) in [6, 6.07) is 4.27. The van der Waals surface area contributed by atoms with E-state index in [0.717, 1.165) is 17.5 Å². The lowest BCUT2D eigenvalue weighted by Crippen LogP contribution is -1.75. The number of aryl methyl sites for hydroxylation is 1. The molecule has 2 N–H and O–H groups in total. The van der Waals surface area contributed by atoms with E-state index >= 15 is 0 Å². The molecule has 1 aromatic carbocycles. The lowest BCUT2D eigenvalue weighted by atomic mass is 10.1. The molecule has 14 heavy (non-hydrogen) atoms. The van der Waals surface area contributed by atoms with Crippen LogP contribution in [-0.4, -0.2) is 15.2 Å². The third-order valence-electron chi connectivity index (χ3n) is 2.69. The van der Waals surface area contributed by atoms with Gasteiger partial charge < -0.3 is 10.2 Å². The van der Waals surface area contributed by atoms with Gasteiger partial charge in [-0.1, -0.05) is 6.92 Å². The van der Waals surface area contributed by atoms with Gasteiger partial charge in [-0.05, 0) is 24.1 Å². The zero-order chi connectivity index (χ0) is 9.54. The van der Waals surface area contributed by atoms with Crippen molar-refractivity contribution in [3.63, 3.8) is 0 Å². The van der Waals surface area contributed by atoms with Crippen molar-refractivity contribution >= 4 is 21.8 Å². The van der Waals surface area contributed by atoms with Gasteiger partial charge in [0.15, 0.2) is 0 Å². The van der Waals surface area contributed by atoms with E-state index in [9.17, 15) is 0 Å². The van der Waals surface area contributed by atoms with Crippen molar-refractivity contribution < 1.29 is 0 Å². The molecular formula is C11H11N3. The quantitative estimate of drug-likeness (QED) is 0.601. The zero-order valence-electron chi connectivity index (χ0n) is 7.96. The normalized spacial score (nSPS) is 11.5. The van der Waals surface area contributed by atoms with E-state index in [1.54, 1.807) is 0 Å². The second-order valence-electron chi connectivity index (χ2n) is 3.51. The number of fused-ring (bicyclic) bond motifs is 2. The fourth-order valence-electron chi connectivity index (χ4n) is 1.89. The van der Waals surface area contributed by atoms with Crippen LogP contribution in [0.4, 0.5) is 0 Å². The summed E-state index contributed by atoms with van der Waals surface area (Å²) in [6.45, 7) is 2.15. The van der Waals surface area contributed by atoms with Crippen LogP contribution in [0.25, 0.3) is 21.8 Å². The summed E-state index contributed by atoms with van der Waals surface area (Å²) in [5.41, 5.74) is 3.54. The summed E-state index contributed by atoms with van der Waals surface area (Å²) in [6.07, 6.45) is 4.95. The van der Waals surface area contributed by atoms with Crippen molar-refractivity contribution in [1.82, 2.24) is 15.2 Å². The van der Waals surface area contributed by atoms with Crippen LogP contribution in [0.1, 0.15) is 12.5 Å². The second kappa shape index (κ2) is 2.61. The largest absolute Gasteiger partial charge is 0.307 e. The molecule has 0 atom stereocenters. The van der Waals surface area contributed by atoms with E-state index in [-0.39, 0.29) is 0 Å². The molecule has 0 saturated carbocycles. The summed E-state index contributed by atoms with van der Waals surface area (Å²) in [4.78, 5) is 4.39. The fraction of sp³-hybridized carbons (Fsp3) is 0.182. The molecule has 0 radical (unpaired) electrons. The van der Waals surface area contributed by atoms with Crippen molar-refractivity contribution in [3.8, 4) is 0 Å². The van der Waals surface area contributed by atoms with Gasteiger partial charge in [0.1, 0.15) is 0 Å². The van der Waals surface area contributed by atoms with Gasteiger partial charge in [0.25, 0.3) is 0 Å². The van der Waals surface area contributed by atoms with Crippen molar-refractivity contribution in [2.75, 3.05) is 0 Å². The van der Waals surface area contributed by atoms with Gasteiger partial charge in [0.2, 0.25) is 0 Å². The molecule has 0 aliphatic carbocycles. The minimum atomic E-state index is 1.03. The average molecular weight is 185 g/mol. The molecule has 70 valence electrons. The number of aromatic amines is 2. The standard InChI is InChI=1S/C11H11N3/c1-2-7-5-12-11-3-8-6-13-14-10(8)4-9(7)11/h3-6,13-14H,2H2,1H3. The lowest BCUT2D eigenvalue weighted by Gasteiger charge is -1.93. The molecule has 0 saturated heterocycles. The topological polar surface area (TPSA) is 44.5 Å². The minimum Gasteiger partial charge on any atom is -0.307 e. The molecule has 0 aliphatic heterocycles. The molecule has 0 fully saturated rings. The van der Waals surface area contributed by atoms with Crippen molar-refractivity contribution in [1.29, 1.82) is 0 Å². The van der Waals surface area contributed by atoms with Crippen LogP contribution in [0, 0.1) is 0 Å². The summed E-state index contributed by atoms with van der Waals surface area (Å²) in [7, 11) is 0. The Hall–Kier alpha value is -1.77. The predicted octanol–water partition coefficient (Wildman–Crippen LogP) is 2.61. The van der Waals surface area contributed by atoms with Gasteiger partial charge >= 0.3 is 0 Å². The third kappa shape index (κ3) is 0.894. The van der Waals surface area contributed by atoms with E-state index in [0.29, 0.717) is 0 Å². The number of benzene rings is 1. The minimum absolute atomic E-state index is 1.03. The monoisotopic (exact) mass is 185 g/mol. The number of H-pyrrole nitrogens is 2. The number of hydrogen-bond acceptors (Lipinski definition) is 1. The summed E-state index contributed by atoms with van der Waals surface area (Å²) in [5, 5.41) is 8.53. The first kappa shape index (κ1) is 7.62. The smallest absolute Gasteiger partial charge is 0.0713 e. The van der Waals surface area contributed by atoms with E-state index in [1.165, 1.54) is 16.3 Å². The molecule has 0 bridgehead atoms. The molecule has 0 unspecified atom stereocenters. The second-order valence-corrected chi connectivity index (χ2v) is 3.51. The van der Waals surface area contributed by atoms with Crippen LogP contribution in [0.5, 0.6) is 0 Å². The fourth-order valence-corrected chi connectivity index (χ4v) is 1.89. The number of rotatable bonds is 1. The van der Waals surface area contributed by atoms with Crippen molar-refractivity contribution in [2.45, 2.75) is 13.3 Å². The number of nitrogens with one attached hydrogen (secondary N) is 2. The highest BCUT2D eigenvalue weighted by Crippen LogP contribution is 2.23. The highest BCUT2D eigenvalue weighted by atomic mass is 15.1. The molecule has 2 aromatic heterocycles. The van der Waals surface area contributed by atoms with E-state index in [1.807, 2.05) is 12.4 Å². The molecule has 0 amide bonds. The number of aromatic nitrogens is 3. The Morgan fingerprint density at radius 3 is 3.14 bits per heavy atom. The van der Waals surface area contributed by atoms with Gasteiger partial charge in [0, 0.05) is 23.2 Å². The van der Waals surface area contributed by atoms with Crippen molar-refractivity contribution in [3.05, 3.63) is 30.1 Å². The molecule has 3 aromatic rings. The Kier molecular flexibility index (Phi) is 1.42. The summed E-state index contributed by atoms with van der Waals surface area (Å²) < 4.78 is 0. The highest BCUT2D eigenvalue weighted by molar-refractivity contribution is 5.96. The molecule has 3 rings (SSSR count). The molecule has 0 spiro atoms. The third-order valence-corrected chi connectivity index (χ3v) is 2.69. The van der Waals surface area contributed by atoms with Crippen LogP contribution in [0.3, 0.4) is 0 Å². The molecule has 2 heterocycles.